The Morgan fingerprint density at radius 2 is 2.05 bits per heavy atom. The van der Waals surface area contributed by atoms with Crippen molar-refractivity contribution in [2.75, 3.05) is 13.2 Å². The minimum absolute atomic E-state index is 0.0369. The first kappa shape index (κ1) is 17.0. The molecule has 1 rings (SSSR count). The highest BCUT2D eigenvalue weighted by Gasteiger charge is 2.06. The Morgan fingerprint density at radius 3 is 2.70 bits per heavy atom. The van der Waals surface area contributed by atoms with Crippen LogP contribution in [0.4, 0.5) is 0 Å². The lowest BCUT2D eigenvalue weighted by Crippen LogP contribution is -2.32. The van der Waals surface area contributed by atoms with Gasteiger partial charge in [0, 0.05) is 23.5 Å². The first-order valence-corrected chi connectivity index (χ1v) is 7.69. The molecule has 1 atom stereocenters. The maximum Gasteiger partial charge on any atom is 0.220 e. The standard InChI is InChI=1S/C15H22BrNO3/c1-12(4-2-10-18)17-15(19)5-3-11-20-14-8-6-13(16)7-9-14/h6-9,12,18H,2-5,10-11H2,1H3,(H,17,19). The van der Waals surface area contributed by atoms with E-state index in [0.29, 0.717) is 25.9 Å². The second kappa shape index (κ2) is 9.77. The fourth-order valence-electron chi connectivity index (χ4n) is 1.77. The Labute approximate surface area is 128 Å². The topological polar surface area (TPSA) is 58.6 Å². The molecule has 0 bridgehead atoms. The van der Waals surface area contributed by atoms with Gasteiger partial charge in [0.15, 0.2) is 0 Å². The first-order valence-electron chi connectivity index (χ1n) is 6.90. The number of carbonyl (C=O) groups excluding carboxylic acids is 1. The molecular formula is C15H22BrNO3. The van der Waals surface area contributed by atoms with Gasteiger partial charge < -0.3 is 15.2 Å². The molecule has 0 aromatic heterocycles. The third-order valence-corrected chi connectivity index (χ3v) is 3.36. The summed E-state index contributed by atoms with van der Waals surface area (Å²) in [5.74, 6) is 0.847. The van der Waals surface area contributed by atoms with Crippen LogP contribution in [-0.4, -0.2) is 30.3 Å². The van der Waals surface area contributed by atoms with Crippen LogP contribution in [0.25, 0.3) is 0 Å². The van der Waals surface area contributed by atoms with Gasteiger partial charge in [0.25, 0.3) is 0 Å². The fraction of sp³-hybridized carbons (Fsp3) is 0.533. The van der Waals surface area contributed by atoms with Gasteiger partial charge in [-0.05, 0) is 50.5 Å². The number of aliphatic hydroxyl groups excluding tert-OH is 1. The Hall–Kier alpha value is -1.07. The molecule has 0 spiro atoms. The molecule has 1 unspecified atom stereocenters. The minimum atomic E-state index is 0.0369. The lowest BCUT2D eigenvalue weighted by atomic mass is 10.2. The van der Waals surface area contributed by atoms with Crippen molar-refractivity contribution in [1.29, 1.82) is 0 Å². The highest BCUT2D eigenvalue weighted by molar-refractivity contribution is 9.10. The quantitative estimate of drug-likeness (QED) is 0.678. The number of nitrogens with one attached hydrogen (secondary N) is 1. The summed E-state index contributed by atoms with van der Waals surface area (Å²) in [5, 5.41) is 11.6. The second-order valence-electron chi connectivity index (χ2n) is 4.74. The third-order valence-electron chi connectivity index (χ3n) is 2.83. The van der Waals surface area contributed by atoms with Crippen LogP contribution in [0.2, 0.25) is 0 Å². The van der Waals surface area contributed by atoms with Gasteiger partial charge in [-0.3, -0.25) is 4.79 Å². The summed E-state index contributed by atoms with van der Waals surface area (Å²) in [6.07, 6.45) is 2.67. The molecule has 0 aliphatic carbocycles. The SMILES string of the molecule is CC(CCCO)NC(=O)CCCOc1ccc(Br)cc1. The number of hydrogen-bond donors (Lipinski definition) is 2. The molecule has 0 aliphatic heterocycles. The summed E-state index contributed by atoms with van der Waals surface area (Å²) in [6, 6.07) is 7.74. The number of carbonyl (C=O) groups is 1. The molecule has 0 aliphatic rings. The third kappa shape index (κ3) is 7.50. The lowest BCUT2D eigenvalue weighted by molar-refractivity contribution is -0.121. The molecule has 0 saturated carbocycles. The molecule has 1 amide bonds. The van der Waals surface area contributed by atoms with Crippen LogP contribution >= 0.6 is 15.9 Å². The van der Waals surface area contributed by atoms with Crippen molar-refractivity contribution < 1.29 is 14.6 Å². The average Bonchev–Trinajstić information content (AvgIpc) is 2.43. The number of aliphatic hydroxyl groups is 1. The molecule has 0 saturated heterocycles. The van der Waals surface area contributed by atoms with Gasteiger partial charge in [0.05, 0.1) is 6.61 Å². The number of halogens is 1. The predicted octanol–water partition coefficient (Wildman–Crippen LogP) is 2.89. The molecule has 1 aromatic rings. The van der Waals surface area contributed by atoms with E-state index in [9.17, 15) is 4.79 Å². The normalized spacial score (nSPS) is 11.9. The van der Waals surface area contributed by atoms with Crippen molar-refractivity contribution in [3.63, 3.8) is 0 Å². The number of hydrogen-bond acceptors (Lipinski definition) is 3. The number of rotatable bonds is 9. The van der Waals surface area contributed by atoms with E-state index in [1.807, 2.05) is 31.2 Å². The van der Waals surface area contributed by atoms with Gasteiger partial charge in [0.2, 0.25) is 5.91 Å². The monoisotopic (exact) mass is 343 g/mol. The number of amides is 1. The van der Waals surface area contributed by atoms with Gasteiger partial charge >= 0.3 is 0 Å². The predicted molar refractivity (Wildman–Crippen MR) is 82.8 cm³/mol. The van der Waals surface area contributed by atoms with Crippen molar-refractivity contribution in [2.45, 2.75) is 38.6 Å². The van der Waals surface area contributed by atoms with Crippen LogP contribution < -0.4 is 10.1 Å². The van der Waals surface area contributed by atoms with Gasteiger partial charge in [0.1, 0.15) is 5.75 Å². The van der Waals surface area contributed by atoms with Crippen molar-refractivity contribution in [3.8, 4) is 5.75 Å². The van der Waals surface area contributed by atoms with Crippen molar-refractivity contribution in [1.82, 2.24) is 5.32 Å². The van der Waals surface area contributed by atoms with Gasteiger partial charge in [-0.15, -0.1) is 0 Å². The molecular weight excluding hydrogens is 322 g/mol. The molecule has 0 fully saturated rings. The van der Waals surface area contributed by atoms with Crippen LogP contribution in [0.5, 0.6) is 5.75 Å². The van der Waals surface area contributed by atoms with E-state index in [1.54, 1.807) is 0 Å². The number of ether oxygens (including phenoxy) is 1. The summed E-state index contributed by atoms with van der Waals surface area (Å²) in [7, 11) is 0. The Bertz CT molecular complexity index is 395. The van der Waals surface area contributed by atoms with Crippen molar-refractivity contribution in [3.05, 3.63) is 28.7 Å². The van der Waals surface area contributed by atoms with E-state index in [2.05, 4.69) is 21.2 Å². The van der Waals surface area contributed by atoms with E-state index in [4.69, 9.17) is 9.84 Å². The zero-order valence-corrected chi connectivity index (χ0v) is 13.4. The van der Waals surface area contributed by atoms with Gasteiger partial charge in [-0.1, -0.05) is 15.9 Å². The van der Waals surface area contributed by atoms with E-state index in [1.165, 1.54) is 0 Å². The Kier molecular flexibility index (Phi) is 8.30. The lowest BCUT2D eigenvalue weighted by Gasteiger charge is -2.13. The van der Waals surface area contributed by atoms with Crippen molar-refractivity contribution >= 4 is 21.8 Å². The van der Waals surface area contributed by atoms with Crippen LogP contribution in [0.15, 0.2) is 28.7 Å². The molecule has 20 heavy (non-hydrogen) atoms. The van der Waals surface area contributed by atoms with Crippen LogP contribution in [0.1, 0.15) is 32.6 Å². The Morgan fingerprint density at radius 1 is 1.35 bits per heavy atom. The van der Waals surface area contributed by atoms with E-state index in [0.717, 1.165) is 16.6 Å². The maximum absolute atomic E-state index is 11.6. The molecule has 5 heteroatoms. The van der Waals surface area contributed by atoms with E-state index < -0.39 is 0 Å². The minimum Gasteiger partial charge on any atom is -0.494 e. The van der Waals surface area contributed by atoms with E-state index >= 15 is 0 Å². The van der Waals surface area contributed by atoms with E-state index in [-0.39, 0.29) is 18.6 Å². The molecule has 2 N–H and O–H groups in total. The smallest absolute Gasteiger partial charge is 0.220 e. The first-order chi connectivity index (χ1) is 9.61. The molecule has 0 radical (unpaired) electrons. The molecule has 112 valence electrons. The summed E-state index contributed by atoms with van der Waals surface area (Å²) >= 11 is 3.36. The maximum atomic E-state index is 11.6. The largest absolute Gasteiger partial charge is 0.494 e. The number of benzene rings is 1. The van der Waals surface area contributed by atoms with Gasteiger partial charge in [-0.2, -0.15) is 0 Å². The summed E-state index contributed by atoms with van der Waals surface area (Å²) in [5.41, 5.74) is 0. The fourth-order valence-corrected chi connectivity index (χ4v) is 2.03. The molecule has 0 heterocycles. The molecule has 4 nitrogen and oxygen atoms in total. The summed E-state index contributed by atoms with van der Waals surface area (Å²) in [6.45, 7) is 2.65. The average molecular weight is 344 g/mol. The summed E-state index contributed by atoms with van der Waals surface area (Å²) in [4.78, 5) is 11.6. The molecule has 1 aromatic carbocycles. The van der Waals surface area contributed by atoms with Crippen LogP contribution in [0.3, 0.4) is 0 Å². The zero-order chi connectivity index (χ0) is 14.8. The Balaban J connectivity index is 2.11. The van der Waals surface area contributed by atoms with Crippen LogP contribution in [-0.2, 0) is 4.79 Å². The highest BCUT2D eigenvalue weighted by Crippen LogP contribution is 2.16. The second-order valence-corrected chi connectivity index (χ2v) is 5.66. The highest BCUT2D eigenvalue weighted by atomic mass is 79.9. The van der Waals surface area contributed by atoms with Crippen molar-refractivity contribution in [2.24, 2.45) is 0 Å². The van der Waals surface area contributed by atoms with Crippen LogP contribution in [0, 0.1) is 0 Å². The summed E-state index contributed by atoms with van der Waals surface area (Å²) < 4.78 is 6.56. The van der Waals surface area contributed by atoms with Gasteiger partial charge in [-0.25, -0.2) is 0 Å². The zero-order valence-electron chi connectivity index (χ0n) is 11.8.